The quantitative estimate of drug-likeness (QED) is 0.839. The molecule has 88 valence electrons. The molecule has 1 aliphatic carbocycles. The van der Waals surface area contributed by atoms with E-state index in [1.165, 1.54) is 0 Å². The molecule has 4 heteroatoms. The van der Waals surface area contributed by atoms with Gasteiger partial charge in [-0.05, 0) is 25.0 Å². The van der Waals surface area contributed by atoms with Crippen LogP contribution in [0.25, 0.3) is 11.0 Å². The maximum atomic E-state index is 9.23. The van der Waals surface area contributed by atoms with Crippen LogP contribution in [-0.4, -0.2) is 28.2 Å². The van der Waals surface area contributed by atoms with Gasteiger partial charge < -0.3 is 10.4 Å². The molecule has 1 aromatic carbocycles. The minimum atomic E-state index is 0.0906. The maximum Gasteiger partial charge on any atom is 0.145 e. The van der Waals surface area contributed by atoms with Crippen molar-refractivity contribution >= 4 is 16.9 Å². The summed E-state index contributed by atoms with van der Waals surface area (Å²) >= 11 is 0. The zero-order valence-corrected chi connectivity index (χ0v) is 9.56. The summed E-state index contributed by atoms with van der Waals surface area (Å²) in [5, 5.41) is 12.5. The highest BCUT2D eigenvalue weighted by Crippen LogP contribution is 2.44. The number of benzene rings is 1. The molecule has 2 aromatic rings. The number of hydrogen-bond donors (Lipinski definition) is 2. The highest BCUT2D eigenvalue weighted by molar-refractivity contribution is 5.75. The molecule has 1 aromatic heterocycles. The number of aliphatic hydroxyl groups is 1. The van der Waals surface area contributed by atoms with Gasteiger partial charge in [0, 0.05) is 12.0 Å². The van der Waals surface area contributed by atoms with Crippen molar-refractivity contribution in [3.63, 3.8) is 0 Å². The van der Waals surface area contributed by atoms with E-state index in [2.05, 4.69) is 15.3 Å². The molecule has 0 atom stereocenters. The number of nitrogens with one attached hydrogen (secondary N) is 1. The fraction of sp³-hybridized carbons (Fsp3) is 0.385. The van der Waals surface area contributed by atoms with Crippen LogP contribution in [0.5, 0.6) is 0 Å². The zero-order chi connectivity index (χ0) is 11.7. The van der Waals surface area contributed by atoms with Crippen molar-refractivity contribution in [3.05, 3.63) is 30.5 Å². The second-order valence-corrected chi connectivity index (χ2v) is 4.76. The number of anilines is 1. The molecule has 0 radical (unpaired) electrons. The first kappa shape index (κ1) is 10.5. The lowest BCUT2D eigenvalue weighted by Crippen LogP contribution is -2.19. The number of rotatable bonds is 4. The lowest BCUT2D eigenvalue weighted by Gasteiger charge is -2.13. The van der Waals surface area contributed by atoms with Crippen molar-refractivity contribution in [3.8, 4) is 0 Å². The van der Waals surface area contributed by atoms with E-state index in [4.69, 9.17) is 0 Å². The standard InChI is InChI=1S/C13H15N3O/c17-9-13(5-6-13)8-15-12-7-14-10-3-1-2-4-11(10)16-12/h1-4,7,17H,5-6,8-9H2,(H,15,16). The van der Waals surface area contributed by atoms with Crippen LogP contribution in [0.2, 0.25) is 0 Å². The number of aromatic nitrogens is 2. The maximum absolute atomic E-state index is 9.23. The van der Waals surface area contributed by atoms with Gasteiger partial charge in [0.2, 0.25) is 0 Å². The molecule has 3 rings (SSSR count). The molecule has 0 aliphatic heterocycles. The Morgan fingerprint density at radius 1 is 1.24 bits per heavy atom. The average molecular weight is 229 g/mol. The van der Waals surface area contributed by atoms with Crippen molar-refractivity contribution in [2.24, 2.45) is 5.41 Å². The Morgan fingerprint density at radius 2 is 2.00 bits per heavy atom. The third-order valence-electron chi connectivity index (χ3n) is 3.39. The van der Waals surface area contributed by atoms with Gasteiger partial charge >= 0.3 is 0 Å². The van der Waals surface area contributed by atoms with Gasteiger partial charge in [-0.2, -0.15) is 0 Å². The second-order valence-electron chi connectivity index (χ2n) is 4.76. The van der Waals surface area contributed by atoms with Crippen molar-refractivity contribution in [2.75, 3.05) is 18.5 Å². The van der Waals surface area contributed by atoms with Gasteiger partial charge in [-0.25, -0.2) is 4.98 Å². The van der Waals surface area contributed by atoms with Gasteiger partial charge in [-0.15, -0.1) is 0 Å². The summed E-state index contributed by atoms with van der Waals surface area (Å²) in [6.07, 6.45) is 3.94. The number of aliphatic hydroxyl groups excluding tert-OH is 1. The molecular weight excluding hydrogens is 214 g/mol. The molecule has 1 saturated carbocycles. The summed E-state index contributed by atoms with van der Waals surface area (Å²) in [6.45, 7) is 1.03. The van der Waals surface area contributed by atoms with Crippen LogP contribution in [-0.2, 0) is 0 Å². The van der Waals surface area contributed by atoms with Gasteiger partial charge in [0.15, 0.2) is 0 Å². The van der Waals surface area contributed by atoms with Crippen molar-refractivity contribution in [1.82, 2.24) is 9.97 Å². The van der Waals surface area contributed by atoms with E-state index in [1.807, 2.05) is 24.3 Å². The van der Waals surface area contributed by atoms with Crippen LogP contribution in [0.1, 0.15) is 12.8 Å². The first-order chi connectivity index (χ1) is 8.31. The molecule has 0 amide bonds. The van der Waals surface area contributed by atoms with Crippen molar-refractivity contribution < 1.29 is 5.11 Å². The Balaban J connectivity index is 1.77. The van der Waals surface area contributed by atoms with Crippen LogP contribution in [0.15, 0.2) is 30.5 Å². The Hall–Kier alpha value is -1.68. The largest absolute Gasteiger partial charge is 0.396 e. The van der Waals surface area contributed by atoms with E-state index in [0.29, 0.717) is 0 Å². The smallest absolute Gasteiger partial charge is 0.145 e. The van der Waals surface area contributed by atoms with E-state index < -0.39 is 0 Å². The number of para-hydroxylation sites is 2. The van der Waals surface area contributed by atoms with Gasteiger partial charge in [0.05, 0.1) is 23.8 Å². The molecule has 4 nitrogen and oxygen atoms in total. The second kappa shape index (κ2) is 3.96. The topological polar surface area (TPSA) is 58.0 Å². The summed E-state index contributed by atoms with van der Waals surface area (Å²) in [6, 6.07) is 7.81. The molecule has 2 N–H and O–H groups in total. The molecule has 0 spiro atoms. The zero-order valence-electron chi connectivity index (χ0n) is 9.56. The van der Waals surface area contributed by atoms with Crippen LogP contribution in [0.4, 0.5) is 5.82 Å². The van der Waals surface area contributed by atoms with Crippen LogP contribution in [0.3, 0.4) is 0 Å². The summed E-state index contributed by atoms with van der Waals surface area (Å²) in [4.78, 5) is 8.83. The third-order valence-corrected chi connectivity index (χ3v) is 3.39. The van der Waals surface area contributed by atoms with Crippen molar-refractivity contribution in [2.45, 2.75) is 12.8 Å². The Bertz CT molecular complexity index is 537. The van der Waals surface area contributed by atoms with Gasteiger partial charge in [-0.1, -0.05) is 12.1 Å². The minimum absolute atomic E-state index is 0.0906. The lowest BCUT2D eigenvalue weighted by molar-refractivity contribution is 0.219. The van der Waals surface area contributed by atoms with E-state index >= 15 is 0 Å². The predicted octanol–water partition coefficient (Wildman–Crippen LogP) is 1.81. The highest BCUT2D eigenvalue weighted by atomic mass is 16.3. The monoisotopic (exact) mass is 229 g/mol. The molecule has 1 aliphatic rings. The SMILES string of the molecule is OCC1(CNc2cnc3ccccc3n2)CC1. The van der Waals surface area contributed by atoms with Crippen LogP contribution in [0, 0.1) is 5.41 Å². The lowest BCUT2D eigenvalue weighted by atomic mass is 10.1. The third kappa shape index (κ3) is 2.08. The molecule has 0 bridgehead atoms. The van der Waals surface area contributed by atoms with E-state index in [1.54, 1.807) is 6.20 Å². The molecule has 1 fully saturated rings. The summed E-state index contributed by atoms with van der Waals surface area (Å²) in [7, 11) is 0. The molecular formula is C13H15N3O. The first-order valence-electron chi connectivity index (χ1n) is 5.88. The first-order valence-corrected chi connectivity index (χ1v) is 5.88. The van der Waals surface area contributed by atoms with Gasteiger partial charge in [-0.3, -0.25) is 4.98 Å². The van der Waals surface area contributed by atoms with Crippen LogP contribution < -0.4 is 5.32 Å². The number of fused-ring (bicyclic) bond motifs is 1. The number of nitrogens with zero attached hydrogens (tertiary/aromatic N) is 2. The Morgan fingerprint density at radius 3 is 2.71 bits per heavy atom. The Labute approximate surface area is 99.7 Å². The fourth-order valence-corrected chi connectivity index (χ4v) is 1.89. The fourth-order valence-electron chi connectivity index (χ4n) is 1.89. The van der Waals surface area contributed by atoms with Crippen molar-refractivity contribution in [1.29, 1.82) is 0 Å². The Kier molecular flexibility index (Phi) is 2.44. The highest BCUT2D eigenvalue weighted by Gasteiger charge is 2.41. The van der Waals surface area contributed by atoms with Gasteiger partial charge in [0.25, 0.3) is 0 Å². The van der Waals surface area contributed by atoms with E-state index in [9.17, 15) is 5.11 Å². The predicted molar refractivity (Wildman–Crippen MR) is 66.8 cm³/mol. The van der Waals surface area contributed by atoms with E-state index in [-0.39, 0.29) is 12.0 Å². The van der Waals surface area contributed by atoms with Crippen LogP contribution >= 0.6 is 0 Å². The summed E-state index contributed by atoms with van der Waals surface area (Å²) < 4.78 is 0. The minimum Gasteiger partial charge on any atom is -0.396 e. The molecule has 0 unspecified atom stereocenters. The summed E-state index contributed by atoms with van der Waals surface area (Å²) in [5.74, 6) is 0.781. The average Bonchev–Trinajstić information content (AvgIpc) is 3.17. The molecule has 1 heterocycles. The molecule has 0 saturated heterocycles. The molecule has 17 heavy (non-hydrogen) atoms. The summed E-state index contributed by atoms with van der Waals surface area (Å²) in [5.41, 5.74) is 1.89. The normalized spacial score (nSPS) is 17.0. The van der Waals surface area contributed by atoms with E-state index in [0.717, 1.165) is 36.2 Å². The van der Waals surface area contributed by atoms with Gasteiger partial charge in [0.1, 0.15) is 5.82 Å². The number of hydrogen-bond acceptors (Lipinski definition) is 4.